The summed E-state index contributed by atoms with van der Waals surface area (Å²) in [6.45, 7) is 15.2. The fourth-order valence-corrected chi connectivity index (χ4v) is 5.67. The second-order valence-corrected chi connectivity index (χ2v) is 12.6. The molecule has 224 valence electrons. The van der Waals surface area contributed by atoms with Gasteiger partial charge in [-0.05, 0) is 105 Å². The third-order valence-electron chi connectivity index (χ3n) is 7.66. The van der Waals surface area contributed by atoms with E-state index in [1.54, 1.807) is 4.68 Å². The van der Waals surface area contributed by atoms with Crippen molar-refractivity contribution < 1.29 is 14.3 Å². The van der Waals surface area contributed by atoms with E-state index < -0.39 is 6.04 Å². The smallest absolute Gasteiger partial charge is 0.255 e. The Bertz CT molecular complexity index is 1690. The van der Waals surface area contributed by atoms with Crippen LogP contribution in [0.25, 0.3) is 0 Å². The summed E-state index contributed by atoms with van der Waals surface area (Å²) in [6, 6.07) is 17.5. The third kappa shape index (κ3) is 6.29. The lowest BCUT2D eigenvalue weighted by atomic mass is 9.87. The first-order valence-corrected chi connectivity index (χ1v) is 15.1. The monoisotopic (exact) mass is 644 g/mol. The van der Waals surface area contributed by atoms with Crippen molar-refractivity contribution in [3.8, 4) is 11.5 Å². The zero-order valence-electron chi connectivity index (χ0n) is 25.6. The standard InChI is InChI=1S/C33H37BrN6O3/c1-8-42-27-17-23(16-25(34)30(27)43-18-22-12-14-24(15-13-22)33(5,6)7)29-28(21(4)35-32-37-38-39-40(29)32)31(41)36-26-11-9-10-19(2)20(26)3/h9-17,29H,8,18H2,1-7H3,(H,36,41)(H,35,37,39). The second-order valence-electron chi connectivity index (χ2n) is 11.7. The van der Waals surface area contributed by atoms with Crippen LogP contribution in [0, 0.1) is 13.8 Å². The van der Waals surface area contributed by atoms with E-state index in [9.17, 15) is 4.79 Å². The first kappa shape index (κ1) is 30.3. The van der Waals surface area contributed by atoms with Gasteiger partial charge in [0.25, 0.3) is 5.91 Å². The van der Waals surface area contributed by atoms with E-state index >= 15 is 0 Å². The minimum Gasteiger partial charge on any atom is -0.490 e. The number of allylic oxidation sites excluding steroid dienone is 1. The van der Waals surface area contributed by atoms with Gasteiger partial charge in [0.1, 0.15) is 12.6 Å². The van der Waals surface area contributed by atoms with Crippen LogP contribution in [0.3, 0.4) is 0 Å². The van der Waals surface area contributed by atoms with Gasteiger partial charge in [-0.15, -0.1) is 0 Å². The van der Waals surface area contributed by atoms with Gasteiger partial charge in [-0.1, -0.05) is 62.3 Å². The van der Waals surface area contributed by atoms with E-state index in [1.165, 1.54) is 5.56 Å². The zero-order chi connectivity index (χ0) is 30.9. The van der Waals surface area contributed by atoms with Gasteiger partial charge >= 0.3 is 0 Å². The molecule has 1 atom stereocenters. The second kappa shape index (κ2) is 12.2. The van der Waals surface area contributed by atoms with Crippen molar-refractivity contribution >= 4 is 33.5 Å². The molecule has 2 heterocycles. The Hall–Kier alpha value is -4.18. The number of rotatable bonds is 8. The molecule has 0 radical (unpaired) electrons. The number of hydrogen-bond acceptors (Lipinski definition) is 7. The van der Waals surface area contributed by atoms with Crippen LogP contribution >= 0.6 is 15.9 Å². The molecular weight excluding hydrogens is 608 g/mol. The molecule has 2 N–H and O–H groups in total. The molecule has 1 aliphatic heterocycles. The molecule has 1 aliphatic rings. The van der Waals surface area contributed by atoms with Gasteiger partial charge in [0.15, 0.2) is 11.5 Å². The fraction of sp³-hybridized carbons (Fsp3) is 0.333. The molecule has 0 saturated heterocycles. The van der Waals surface area contributed by atoms with Gasteiger partial charge in [0, 0.05) is 11.4 Å². The van der Waals surface area contributed by atoms with Gasteiger partial charge in [0.05, 0.1) is 16.7 Å². The molecule has 0 saturated carbocycles. The van der Waals surface area contributed by atoms with E-state index in [0.29, 0.717) is 46.4 Å². The van der Waals surface area contributed by atoms with E-state index in [0.717, 1.165) is 27.9 Å². The lowest BCUT2D eigenvalue weighted by molar-refractivity contribution is -0.113. The van der Waals surface area contributed by atoms with Gasteiger partial charge in [0.2, 0.25) is 5.95 Å². The summed E-state index contributed by atoms with van der Waals surface area (Å²) in [4.78, 5) is 13.9. The Morgan fingerprint density at radius 1 is 1.07 bits per heavy atom. The number of halogens is 1. The minimum absolute atomic E-state index is 0.0793. The normalized spacial score (nSPS) is 14.7. The van der Waals surface area contributed by atoms with Gasteiger partial charge in [-0.2, -0.15) is 4.68 Å². The lowest BCUT2D eigenvalue weighted by Gasteiger charge is -2.29. The molecule has 0 spiro atoms. The Kier molecular flexibility index (Phi) is 8.59. The average molecular weight is 646 g/mol. The highest BCUT2D eigenvalue weighted by molar-refractivity contribution is 9.10. The van der Waals surface area contributed by atoms with Crippen LogP contribution in [0.1, 0.15) is 68.5 Å². The van der Waals surface area contributed by atoms with E-state index in [2.05, 4.69) is 87.1 Å². The first-order chi connectivity index (χ1) is 20.5. The number of tetrazole rings is 1. The Labute approximate surface area is 260 Å². The maximum absolute atomic E-state index is 13.9. The number of anilines is 2. The summed E-state index contributed by atoms with van der Waals surface area (Å²) in [5, 5.41) is 18.5. The highest BCUT2D eigenvalue weighted by Gasteiger charge is 2.35. The summed E-state index contributed by atoms with van der Waals surface area (Å²) >= 11 is 3.72. The zero-order valence-corrected chi connectivity index (χ0v) is 27.2. The number of ether oxygens (including phenoxy) is 2. The Morgan fingerprint density at radius 3 is 2.51 bits per heavy atom. The quantitative estimate of drug-likeness (QED) is 0.208. The number of amides is 1. The lowest BCUT2D eigenvalue weighted by Crippen LogP contribution is -2.31. The van der Waals surface area contributed by atoms with Crippen molar-refractivity contribution in [1.29, 1.82) is 0 Å². The molecular formula is C33H37BrN6O3. The number of nitrogens with one attached hydrogen (secondary N) is 2. The molecule has 5 rings (SSSR count). The maximum Gasteiger partial charge on any atom is 0.255 e. The number of benzene rings is 3. The predicted octanol–water partition coefficient (Wildman–Crippen LogP) is 7.26. The number of carbonyl (C=O) groups excluding carboxylic acids is 1. The first-order valence-electron chi connectivity index (χ1n) is 14.3. The van der Waals surface area contributed by atoms with Gasteiger partial charge in [-0.3, -0.25) is 4.79 Å². The van der Waals surface area contributed by atoms with Crippen molar-refractivity contribution in [2.45, 2.75) is 66.5 Å². The molecule has 0 bridgehead atoms. The summed E-state index contributed by atoms with van der Waals surface area (Å²) in [6.07, 6.45) is 0. The Morgan fingerprint density at radius 2 is 1.81 bits per heavy atom. The molecule has 1 unspecified atom stereocenters. The molecule has 0 fully saturated rings. The van der Waals surface area contributed by atoms with Crippen LogP contribution in [0.4, 0.5) is 11.6 Å². The number of nitrogens with zero attached hydrogens (tertiary/aromatic N) is 4. The third-order valence-corrected chi connectivity index (χ3v) is 8.25. The molecule has 1 aromatic heterocycles. The van der Waals surface area contributed by atoms with Crippen LogP contribution < -0.4 is 20.1 Å². The highest BCUT2D eigenvalue weighted by atomic mass is 79.9. The van der Waals surface area contributed by atoms with Crippen LogP contribution in [-0.4, -0.2) is 32.7 Å². The van der Waals surface area contributed by atoms with E-state index in [-0.39, 0.29) is 11.3 Å². The SMILES string of the molecule is CCOc1cc(C2C(C(=O)Nc3cccc(C)c3C)=C(C)Nc3nnnn32)cc(Br)c1OCc1ccc(C(C)(C)C)cc1. The van der Waals surface area contributed by atoms with Crippen LogP contribution in [0.2, 0.25) is 0 Å². The number of carbonyl (C=O) groups is 1. The minimum atomic E-state index is -0.620. The topological polar surface area (TPSA) is 103 Å². The summed E-state index contributed by atoms with van der Waals surface area (Å²) in [5.74, 6) is 1.33. The fourth-order valence-electron chi connectivity index (χ4n) is 5.10. The van der Waals surface area contributed by atoms with Gasteiger partial charge < -0.3 is 20.1 Å². The van der Waals surface area contributed by atoms with Crippen molar-refractivity contribution in [2.24, 2.45) is 0 Å². The van der Waals surface area contributed by atoms with Crippen molar-refractivity contribution in [3.63, 3.8) is 0 Å². The number of fused-ring (bicyclic) bond motifs is 1. The van der Waals surface area contributed by atoms with E-state index in [1.807, 2.05) is 58.0 Å². The Balaban J connectivity index is 1.49. The highest BCUT2D eigenvalue weighted by Crippen LogP contribution is 2.43. The molecule has 10 heteroatoms. The molecule has 4 aromatic rings. The molecule has 3 aromatic carbocycles. The molecule has 0 aliphatic carbocycles. The van der Waals surface area contributed by atoms with Crippen molar-refractivity contribution in [3.05, 3.63) is 98.2 Å². The van der Waals surface area contributed by atoms with Crippen LogP contribution in [-0.2, 0) is 16.8 Å². The summed E-state index contributed by atoms with van der Waals surface area (Å²) < 4.78 is 14.7. The maximum atomic E-state index is 13.9. The predicted molar refractivity (Wildman–Crippen MR) is 172 cm³/mol. The number of aromatic nitrogens is 4. The number of aryl methyl sites for hydroxylation is 1. The van der Waals surface area contributed by atoms with Crippen molar-refractivity contribution in [1.82, 2.24) is 20.2 Å². The molecule has 43 heavy (non-hydrogen) atoms. The largest absolute Gasteiger partial charge is 0.490 e. The molecule has 9 nitrogen and oxygen atoms in total. The van der Waals surface area contributed by atoms with Crippen LogP contribution in [0.5, 0.6) is 11.5 Å². The molecule has 1 amide bonds. The van der Waals surface area contributed by atoms with Crippen molar-refractivity contribution in [2.75, 3.05) is 17.2 Å². The summed E-state index contributed by atoms with van der Waals surface area (Å²) in [5.41, 5.74) is 7.15. The van der Waals surface area contributed by atoms with E-state index in [4.69, 9.17) is 9.47 Å². The van der Waals surface area contributed by atoms with Gasteiger partial charge in [-0.25, -0.2) is 0 Å². The number of hydrogen-bond donors (Lipinski definition) is 2. The summed E-state index contributed by atoms with van der Waals surface area (Å²) in [7, 11) is 0. The average Bonchev–Trinajstić information content (AvgIpc) is 3.42. The van der Waals surface area contributed by atoms with Crippen LogP contribution in [0.15, 0.2) is 70.3 Å².